The Morgan fingerprint density at radius 1 is 1.18 bits per heavy atom. The largest absolute Gasteiger partial charge is 0.423 e. The lowest BCUT2D eigenvalue weighted by atomic mass is 10.1. The molecule has 8 heteroatoms. The van der Waals surface area contributed by atoms with Crippen LogP contribution < -0.4 is 5.63 Å². The quantitative estimate of drug-likeness (QED) is 0.277. The van der Waals surface area contributed by atoms with Gasteiger partial charge in [-0.15, -0.1) is 10.2 Å². The number of thioether (sulfide) groups is 1. The van der Waals surface area contributed by atoms with E-state index in [4.69, 9.17) is 16.0 Å². The van der Waals surface area contributed by atoms with Crippen LogP contribution in [0.2, 0.25) is 5.02 Å². The minimum Gasteiger partial charge on any atom is -0.423 e. The summed E-state index contributed by atoms with van der Waals surface area (Å²) in [5, 5.41) is 11.0. The predicted molar refractivity (Wildman–Crippen MR) is 115 cm³/mol. The number of para-hydroxylation sites is 1. The Kier molecular flexibility index (Phi) is 4.38. The lowest BCUT2D eigenvalue weighted by Crippen LogP contribution is -2.01. The van der Waals surface area contributed by atoms with Gasteiger partial charge in [0.15, 0.2) is 5.16 Å². The van der Waals surface area contributed by atoms with E-state index in [1.165, 1.54) is 10.8 Å². The standard InChI is InChI=1S/C20H14ClN3O2S2/c1-2-11-7-16-13(9-14(11)21)12(8-18(25)26-16)10-27-19-22-23-20-24(19)15-5-3-4-6-17(15)28-20/h3-9H,2,10H2,1H3. The van der Waals surface area contributed by atoms with Gasteiger partial charge in [0.1, 0.15) is 5.58 Å². The third kappa shape index (κ3) is 2.90. The molecule has 3 aromatic heterocycles. The lowest BCUT2D eigenvalue weighted by molar-refractivity contribution is 0.559. The van der Waals surface area contributed by atoms with Crippen LogP contribution in [0, 0.1) is 0 Å². The van der Waals surface area contributed by atoms with Crippen molar-refractivity contribution < 1.29 is 4.42 Å². The fraction of sp³-hybridized carbons (Fsp3) is 0.150. The second-order valence-electron chi connectivity index (χ2n) is 6.34. The molecule has 0 bridgehead atoms. The predicted octanol–water partition coefficient (Wildman–Crippen LogP) is 5.56. The number of rotatable bonds is 4. The first-order valence-electron chi connectivity index (χ1n) is 8.74. The molecule has 0 saturated carbocycles. The summed E-state index contributed by atoms with van der Waals surface area (Å²) >= 11 is 9.54. The van der Waals surface area contributed by atoms with Gasteiger partial charge in [0.2, 0.25) is 4.96 Å². The van der Waals surface area contributed by atoms with Crippen molar-refractivity contribution in [1.29, 1.82) is 0 Å². The number of fused-ring (bicyclic) bond motifs is 4. The Balaban J connectivity index is 1.57. The van der Waals surface area contributed by atoms with Gasteiger partial charge >= 0.3 is 5.63 Å². The first-order chi connectivity index (χ1) is 13.6. The number of hydrogen-bond donors (Lipinski definition) is 0. The van der Waals surface area contributed by atoms with Gasteiger partial charge in [0.05, 0.1) is 10.2 Å². The first-order valence-corrected chi connectivity index (χ1v) is 10.9. The van der Waals surface area contributed by atoms with Crippen LogP contribution in [0.15, 0.2) is 56.8 Å². The molecule has 2 aromatic carbocycles. The molecule has 0 atom stereocenters. The molecule has 0 aliphatic heterocycles. The number of nitrogens with zero attached hydrogens (tertiary/aromatic N) is 3. The van der Waals surface area contributed by atoms with Crippen LogP contribution in [0.4, 0.5) is 0 Å². The highest BCUT2D eigenvalue weighted by molar-refractivity contribution is 7.98. The summed E-state index contributed by atoms with van der Waals surface area (Å²) in [5.41, 5.74) is 3.13. The molecular formula is C20H14ClN3O2S2. The van der Waals surface area contributed by atoms with Gasteiger partial charge in [-0.3, -0.25) is 4.40 Å². The fourth-order valence-corrected chi connectivity index (χ4v) is 5.53. The summed E-state index contributed by atoms with van der Waals surface area (Å²) in [4.78, 5) is 12.9. The van der Waals surface area contributed by atoms with Crippen molar-refractivity contribution in [1.82, 2.24) is 14.6 Å². The van der Waals surface area contributed by atoms with Crippen molar-refractivity contribution in [3.05, 3.63) is 69.0 Å². The summed E-state index contributed by atoms with van der Waals surface area (Å²) in [6.45, 7) is 2.02. The summed E-state index contributed by atoms with van der Waals surface area (Å²) in [6, 6.07) is 13.4. The van der Waals surface area contributed by atoms with Crippen molar-refractivity contribution in [3.63, 3.8) is 0 Å². The van der Waals surface area contributed by atoms with Crippen molar-refractivity contribution in [2.45, 2.75) is 24.3 Å². The van der Waals surface area contributed by atoms with E-state index >= 15 is 0 Å². The molecule has 5 aromatic rings. The third-order valence-corrected chi connectivity index (χ3v) is 6.99. The highest BCUT2D eigenvalue weighted by atomic mass is 35.5. The van der Waals surface area contributed by atoms with Gasteiger partial charge < -0.3 is 4.42 Å². The summed E-state index contributed by atoms with van der Waals surface area (Å²) in [7, 11) is 0. The Bertz CT molecular complexity index is 1400. The molecule has 0 N–H and O–H groups in total. The fourth-order valence-electron chi connectivity index (χ4n) is 3.27. The van der Waals surface area contributed by atoms with E-state index in [0.717, 1.165) is 38.6 Å². The summed E-state index contributed by atoms with van der Waals surface area (Å²) in [5.74, 6) is 0.564. The molecule has 0 amide bonds. The Labute approximate surface area is 173 Å². The minimum absolute atomic E-state index is 0.361. The molecule has 5 rings (SSSR count). The van der Waals surface area contributed by atoms with Crippen LogP contribution in [-0.4, -0.2) is 14.6 Å². The van der Waals surface area contributed by atoms with Gasteiger partial charge in [0.25, 0.3) is 0 Å². The molecular weight excluding hydrogens is 414 g/mol. The van der Waals surface area contributed by atoms with Crippen molar-refractivity contribution in [2.75, 3.05) is 0 Å². The van der Waals surface area contributed by atoms with E-state index in [1.54, 1.807) is 23.1 Å². The number of aromatic nitrogens is 3. The van der Waals surface area contributed by atoms with E-state index in [-0.39, 0.29) is 5.63 Å². The smallest absolute Gasteiger partial charge is 0.336 e. The topological polar surface area (TPSA) is 60.4 Å². The normalized spacial score (nSPS) is 11.8. The molecule has 3 heterocycles. The number of hydrogen-bond acceptors (Lipinski definition) is 6. The van der Waals surface area contributed by atoms with Crippen LogP contribution >= 0.6 is 34.7 Å². The van der Waals surface area contributed by atoms with Crippen LogP contribution in [-0.2, 0) is 12.2 Å². The van der Waals surface area contributed by atoms with Crippen molar-refractivity contribution in [2.24, 2.45) is 0 Å². The van der Waals surface area contributed by atoms with Gasteiger partial charge in [-0.05, 0) is 41.8 Å². The van der Waals surface area contributed by atoms with Crippen LogP contribution in [0.3, 0.4) is 0 Å². The minimum atomic E-state index is -0.361. The molecule has 0 fully saturated rings. The molecule has 0 spiro atoms. The average Bonchev–Trinajstić information content (AvgIpc) is 3.25. The number of halogens is 1. The van der Waals surface area contributed by atoms with Crippen LogP contribution in [0.1, 0.15) is 18.1 Å². The van der Waals surface area contributed by atoms with Gasteiger partial charge in [-0.2, -0.15) is 0 Å². The molecule has 0 aliphatic carbocycles. The van der Waals surface area contributed by atoms with E-state index in [0.29, 0.717) is 16.4 Å². The Morgan fingerprint density at radius 2 is 2.04 bits per heavy atom. The summed E-state index contributed by atoms with van der Waals surface area (Å²) in [6.07, 6.45) is 0.778. The van der Waals surface area contributed by atoms with Crippen LogP contribution in [0.5, 0.6) is 0 Å². The molecule has 0 saturated heterocycles. The zero-order chi connectivity index (χ0) is 19.3. The Morgan fingerprint density at radius 3 is 2.89 bits per heavy atom. The zero-order valence-corrected chi connectivity index (χ0v) is 17.2. The highest BCUT2D eigenvalue weighted by Gasteiger charge is 2.15. The maximum atomic E-state index is 12.1. The average molecular weight is 428 g/mol. The zero-order valence-electron chi connectivity index (χ0n) is 14.8. The van der Waals surface area contributed by atoms with E-state index in [1.807, 2.05) is 31.2 Å². The van der Waals surface area contributed by atoms with Crippen molar-refractivity contribution >= 4 is 60.8 Å². The maximum Gasteiger partial charge on any atom is 0.336 e. The third-order valence-electron chi connectivity index (χ3n) is 4.65. The number of benzene rings is 2. The second kappa shape index (κ2) is 6.92. The number of thiazole rings is 1. The highest BCUT2D eigenvalue weighted by Crippen LogP contribution is 2.33. The van der Waals surface area contributed by atoms with Crippen molar-refractivity contribution in [3.8, 4) is 0 Å². The van der Waals surface area contributed by atoms with E-state index in [9.17, 15) is 4.79 Å². The van der Waals surface area contributed by atoms with Gasteiger partial charge in [0, 0.05) is 22.2 Å². The molecule has 0 aliphatic rings. The first kappa shape index (κ1) is 17.7. The molecule has 5 nitrogen and oxygen atoms in total. The molecule has 0 unspecified atom stereocenters. The van der Waals surface area contributed by atoms with E-state index in [2.05, 4.69) is 26.7 Å². The maximum absolute atomic E-state index is 12.1. The molecule has 140 valence electrons. The van der Waals surface area contributed by atoms with Gasteiger partial charge in [-0.25, -0.2) is 4.79 Å². The second-order valence-corrected chi connectivity index (χ2v) is 8.70. The lowest BCUT2D eigenvalue weighted by Gasteiger charge is -2.08. The molecule has 28 heavy (non-hydrogen) atoms. The summed E-state index contributed by atoms with van der Waals surface area (Å²) < 4.78 is 8.62. The van der Waals surface area contributed by atoms with Gasteiger partial charge in [-0.1, -0.05) is 53.8 Å². The Hall–Kier alpha value is -2.35. The molecule has 0 radical (unpaired) electrons. The van der Waals surface area contributed by atoms with E-state index < -0.39 is 0 Å². The number of aryl methyl sites for hydroxylation is 1. The monoisotopic (exact) mass is 427 g/mol. The SMILES string of the molecule is CCc1cc2oc(=O)cc(CSc3nnc4sc5ccccc5n34)c2cc1Cl. The van der Waals surface area contributed by atoms with Crippen LogP contribution in [0.25, 0.3) is 26.1 Å².